The first-order valence-corrected chi connectivity index (χ1v) is 6.70. The van der Waals surface area contributed by atoms with Crippen LogP contribution in [0.2, 0.25) is 0 Å². The molecule has 1 heterocycles. The number of esters is 1. The van der Waals surface area contributed by atoms with E-state index in [-0.39, 0.29) is 18.2 Å². The van der Waals surface area contributed by atoms with Crippen molar-refractivity contribution in [1.82, 2.24) is 0 Å². The Bertz CT molecular complexity index is 283. The fourth-order valence-corrected chi connectivity index (χ4v) is 3.16. The first kappa shape index (κ1) is 10.6. The summed E-state index contributed by atoms with van der Waals surface area (Å²) < 4.78 is 11.2. The normalized spacial score (nSPS) is 38.9. The summed E-state index contributed by atoms with van der Waals surface area (Å²) >= 11 is 0. The molecule has 0 amide bonds. The average molecular weight is 224 g/mol. The fraction of sp³-hybridized carbons (Fsp3) is 0.923. The zero-order valence-corrected chi connectivity index (χ0v) is 9.74. The summed E-state index contributed by atoms with van der Waals surface area (Å²) in [4.78, 5) is 12.1. The SMILES string of the molecule is O=C(OC1CCCCC1)C12CCCCC1O2. The van der Waals surface area contributed by atoms with Crippen LogP contribution >= 0.6 is 0 Å². The number of carbonyl (C=O) groups is 1. The summed E-state index contributed by atoms with van der Waals surface area (Å²) in [5.41, 5.74) is -0.504. The van der Waals surface area contributed by atoms with Gasteiger partial charge in [0.2, 0.25) is 0 Å². The van der Waals surface area contributed by atoms with Gasteiger partial charge in [-0.25, -0.2) is 4.79 Å². The zero-order valence-electron chi connectivity index (χ0n) is 9.74. The van der Waals surface area contributed by atoms with Crippen LogP contribution in [0, 0.1) is 0 Å². The number of hydrogen-bond donors (Lipinski definition) is 0. The number of hydrogen-bond acceptors (Lipinski definition) is 3. The molecule has 0 aromatic carbocycles. The Morgan fingerprint density at radius 3 is 2.56 bits per heavy atom. The second-order valence-corrected chi connectivity index (χ2v) is 5.41. The van der Waals surface area contributed by atoms with Gasteiger partial charge in [0, 0.05) is 0 Å². The predicted octanol–water partition coefficient (Wildman–Crippen LogP) is 2.57. The van der Waals surface area contributed by atoms with Crippen LogP contribution in [0.5, 0.6) is 0 Å². The molecule has 1 aliphatic heterocycles. The van der Waals surface area contributed by atoms with Crippen molar-refractivity contribution in [2.45, 2.75) is 75.6 Å². The van der Waals surface area contributed by atoms with Crippen molar-refractivity contribution in [2.75, 3.05) is 0 Å². The van der Waals surface area contributed by atoms with E-state index < -0.39 is 5.60 Å². The van der Waals surface area contributed by atoms with Gasteiger partial charge in [0.05, 0.1) is 6.10 Å². The van der Waals surface area contributed by atoms with Gasteiger partial charge in [-0.05, 0) is 44.9 Å². The molecule has 0 aromatic heterocycles. The van der Waals surface area contributed by atoms with Gasteiger partial charge in [0.15, 0.2) is 5.60 Å². The molecule has 0 spiro atoms. The van der Waals surface area contributed by atoms with E-state index in [1.54, 1.807) is 0 Å². The van der Waals surface area contributed by atoms with Gasteiger partial charge in [-0.3, -0.25) is 0 Å². The highest BCUT2D eigenvalue weighted by Crippen LogP contribution is 2.48. The standard InChI is InChI=1S/C13H20O3/c14-12(15-10-6-2-1-3-7-10)13-9-5-4-8-11(13)16-13/h10-11H,1-9H2. The molecule has 2 aliphatic carbocycles. The highest BCUT2D eigenvalue weighted by atomic mass is 16.7. The number of epoxide rings is 1. The molecule has 1 saturated heterocycles. The number of ether oxygens (including phenoxy) is 2. The monoisotopic (exact) mass is 224 g/mol. The lowest BCUT2D eigenvalue weighted by Gasteiger charge is -2.24. The van der Waals surface area contributed by atoms with Crippen LogP contribution in [0.1, 0.15) is 57.8 Å². The molecule has 0 N–H and O–H groups in total. The van der Waals surface area contributed by atoms with E-state index in [4.69, 9.17) is 9.47 Å². The molecule has 2 unspecified atom stereocenters. The largest absolute Gasteiger partial charge is 0.460 e. The van der Waals surface area contributed by atoms with E-state index in [0.717, 1.165) is 32.1 Å². The Balaban J connectivity index is 1.57. The lowest BCUT2D eigenvalue weighted by molar-refractivity contribution is -0.157. The van der Waals surface area contributed by atoms with E-state index in [9.17, 15) is 4.79 Å². The minimum atomic E-state index is -0.504. The quantitative estimate of drug-likeness (QED) is 0.534. The molecule has 16 heavy (non-hydrogen) atoms. The topological polar surface area (TPSA) is 38.8 Å². The van der Waals surface area contributed by atoms with E-state index in [1.807, 2.05) is 0 Å². The van der Waals surface area contributed by atoms with Crippen LogP contribution in [0.4, 0.5) is 0 Å². The van der Waals surface area contributed by atoms with Crippen LogP contribution in [0.3, 0.4) is 0 Å². The highest BCUT2D eigenvalue weighted by molar-refractivity contribution is 5.83. The number of rotatable bonds is 2. The summed E-state index contributed by atoms with van der Waals surface area (Å²) in [6.07, 6.45) is 10.4. The first-order chi connectivity index (χ1) is 7.81. The smallest absolute Gasteiger partial charge is 0.341 e. The lowest BCUT2D eigenvalue weighted by Crippen LogP contribution is -2.35. The van der Waals surface area contributed by atoms with E-state index >= 15 is 0 Å². The van der Waals surface area contributed by atoms with Crippen LogP contribution in [0.25, 0.3) is 0 Å². The van der Waals surface area contributed by atoms with Crippen molar-refractivity contribution in [1.29, 1.82) is 0 Å². The minimum Gasteiger partial charge on any atom is -0.460 e. The summed E-state index contributed by atoms with van der Waals surface area (Å²) in [5, 5.41) is 0. The molecular formula is C13H20O3. The molecule has 3 fully saturated rings. The van der Waals surface area contributed by atoms with Crippen LogP contribution < -0.4 is 0 Å². The van der Waals surface area contributed by atoms with E-state index in [2.05, 4.69) is 0 Å². The molecule has 3 nitrogen and oxygen atoms in total. The second kappa shape index (κ2) is 4.02. The van der Waals surface area contributed by atoms with Gasteiger partial charge in [-0.1, -0.05) is 12.8 Å². The third-order valence-corrected chi connectivity index (χ3v) is 4.25. The molecule has 0 aromatic rings. The van der Waals surface area contributed by atoms with Crippen LogP contribution in [-0.2, 0) is 14.3 Å². The first-order valence-electron chi connectivity index (χ1n) is 6.70. The summed E-state index contributed by atoms with van der Waals surface area (Å²) in [6.45, 7) is 0. The molecule has 2 atom stereocenters. The molecule has 2 saturated carbocycles. The molecule has 3 rings (SSSR count). The van der Waals surface area contributed by atoms with Crippen LogP contribution in [-0.4, -0.2) is 23.8 Å². The maximum atomic E-state index is 12.1. The highest BCUT2D eigenvalue weighted by Gasteiger charge is 2.64. The van der Waals surface area contributed by atoms with Gasteiger partial charge in [-0.2, -0.15) is 0 Å². The lowest BCUT2D eigenvalue weighted by atomic mass is 9.89. The Labute approximate surface area is 96.5 Å². The average Bonchev–Trinajstić information content (AvgIpc) is 3.06. The van der Waals surface area contributed by atoms with Crippen molar-refractivity contribution in [2.24, 2.45) is 0 Å². The Morgan fingerprint density at radius 2 is 1.81 bits per heavy atom. The van der Waals surface area contributed by atoms with Crippen molar-refractivity contribution < 1.29 is 14.3 Å². The van der Waals surface area contributed by atoms with Gasteiger partial charge >= 0.3 is 5.97 Å². The minimum absolute atomic E-state index is 0.0656. The predicted molar refractivity (Wildman–Crippen MR) is 59.0 cm³/mol. The Hall–Kier alpha value is -0.570. The zero-order chi connectivity index (χ0) is 11.0. The van der Waals surface area contributed by atoms with Crippen molar-refractivity contribution in [3.05, 3.63) is 0 Å². The van der Waals surface area contributed by atoms with Gasteiger partial charge in [0.1, 0.15) is 6.10 Å². The fourth-order valence-electron chi connectivity index (χ4n) is 3.16. The Kier molecular flexibility index (Phi) is 2.66. The maximum Gasteiger partial charge on any atom is 0.341 e. The summed E-state index contributed by atoms with van der Waals surface area (Å²) in [5.74, 6) is -0.0656. The molecule has 90 valence electrons. The van der Waals surface area contributed by atoms with Crippen molar-refractivity contribution >= 4 is 5.97 Å². The molecule has 0 radical (unpaired) electrons. The molecule has 0 bridgehead atoms. The maximum absolute atomic E-state index is 12.1. The van der Waals surface area contributed by atoms with Crippen molar-refractivity contribution in [3.63, 3.8) is 0 Å². The Morgan fingerprint density at radius 1 is 1.06 bits per heavy atom. The summed E-state index contributed by atoms with van der Waals surface area (Å²) in [6, 6.07) is 0. The van der Waals surface area contributed by atoms with Gasteiger partial charge < -0.3 is 9.47 Å². The van der Waals surface area contributed by atoms with Gasteiger partial charge in [-0.15, -0.1) is 0 Å². The molecular weight excluding hydrogens is 204 g/mol. The number of carbonyl (C=O) groups excluding carboxylic acids is 1. The third-order valence-electron chi connectivity index (χ3n) is 4.25. The van der Waals surface area contributed by atoms with Crippen LogP contribution in [0.15, 0.2) is 0 Å². The molecule has 3 aliphatic rings. The summed E-state index contributed by atoms with van der Waals surface area (Å²) in [7, 11) is 0. The van der Waals surface area contributed by atoms with E-state index in [1.165, 1.54) is 25.7 Å². The molecule has 3 heteroatoms. The second-order valence-electron chi connectivity index (χ2n) is 5.41. The van der Waals surface area contributed by atoms with Crippen molar-refractivity contribution in [3.8, 4) is 0 Å². The number of fused-ring (bicyclic) bond motifs is 1. The third kappa shape index (κ3) is 1.75. The van der Waals surface area contributed by atoms with E-state index in [0.29, 0.717) is 0 Å². The van der Waals surface area contributed by atoms with Gasteiger partial charge in [0.25, 0.3) is 0 Å².